The maximum Gasteiger partial charge on any atom is 0.328 e. The highest BCUT2D eigenvalue weighted by Crippen LogP contribution is 2.26. The van der Waals surface area contributed by atoms with Gasteiger partial charge in [0.2, 0.25) is 15.9 Å². The van der Waals surface area contributed by atoms with E-state index in [1.165, 1.54) is 23.5 Å². The molecule has 1 heterocycles. The third-order valence-corrected chi connectivity index (χ3v) is 6.86. The monoisotopic (exact) mass is 416 g/mol. The molecule has 1 N–H and O–H groups in total. The summed E-state index contributed by atoms with van der Waals surface area (Å²) < 4.78 is 32.0. The Bertz CT molecular complexity index is 948. The highest BCUT2D eigenvalue weighted by molar-refractivity contribution is 7.89. The molecular formula is C21H24N2O5S. The average molecular weight is 416 g/mol. The number of amides is 1. The van der Waals surface area contributed by atoms with E-state index in [9.17, 15) is 18.0 Å². The van der Waals surface area contributed by atoms with Crippen LogP contribution < -0.4 is 5.32 Å². The van der Waals surface area contributed by atoms with Gasteiger partial charge in [0.05, 0.1) is 12.0 Å². The van der Waals surface area contributed by atoms with Crippen molar-refractivity contribution >= 4 is 21.9 Å². The summed E-state index contributed by atoms with van der Waals surface area (Å²) in [6.07, 6.45) is 1.24. The molecule has 1 fully saturated rings. The van der Waals surface area contributed by atoms with E-state index in [4.69, 9.17) is 4.74 Å². The summed E-state index contributed by atoms with van der Waals surface area (Å²) in [6.45, 7) is 0.261. The van der Waals surface area contributed by atoms with Crippen molar-refractivity contribution < 1.29 is 22.7 Å². The van der Waals surface area contributed by atoms with Crippen LogP contribution in [-0.2, 0) is 30.8 Å². The fraction of sp³-hybridized carbons (Fsp3) is 0.333. The van der Waals surface area contributed by atoms with Gasteiger partial charge >= 0.3 is 5.97 Å². The first kappa shape index (κ1) is 21.0. The predicted molar refractivity (Wildman–Crippen MR) is 107 cm³/mol. The minimum Gasteiger partial charge on any atom is -0.467 e. The van der Waals surface area contributed by atoms with Crippen LogP contribution >= 0.6 is 0 Å². The first-order valence-electron chi connectivity index (χ1n) is 9.42. The van der Waals surface area contributed by atoms with Crippen LogP contribution in [0.15, 0.2) is 65.6 Å². The highest BCUT2D eigenvalue weighted by Gasteiger charge is 2.40. The minimum atomic E-state index is -3.80. The number of nitrogens with zero attached hydrogens (tertiary/aromatic N) is 1. The van der Waals surface area contributed by atoms with Crippen molar-refractivity contribution in [1.29, 1.82) is 0 Å². The SMILES string of the molecule is COC(=O)[C@H](Cc1ccccc1)NC(=O)[C@@H]1CCCN1S(=O)(=O)c1ccccc1. The largest absolute Gasteiger partial charge is 0.467 e. The molecule has 29 heavy (non-hydrogen) atoms. The van der Waals surface area contributed by atoms with Gasteiger partial charge in [-0.2, -0.15) is 4.31 Å². The van der Waals surface area contributed by atoms with Crippen molar-refractivity contribution in [2.24, 2.45) is 0 Å². The maximum atomic E-state index is 13.0. The third-order valence-electron chi connectivity index (χ3n) is 4.94. The summed E-state index contributed by atoms with van der Waals surface area (Å²) in [5.41, 5.74) is 0.864. The van der Waals surface area contributed by atoms with E-state index in [-0.39, 0.29) is 17.9 Å². The molecule has 1 amide bonds. The first-order chi connectivity index (χ1) is 13.9. The van der Waals surface area contributed by atoms with Crippen LogP contribution in [-0.4, -0.2) is 50.3 Å². The molecule has 0 unspecified atom stereocenters. The first-order valence-corrected chi connectivity index (χ1v) is 10.9. The molecule has 2 aromatic rings. The van der Waals surface area contributed by atoms with E-state index in [1.54, 1.807) is 18.2 Å². The van der Waals surface area contributed by atoms with Gasteiger partial charge < -0.3 is 10.1 Å². The molecule has 154 valence electrons. The number of carbonyl (C=O) groups excluding carboxylic acids is 2. The third kappa shape index (κ3) is 4.83. The summed E-state index contributed by atoms with van der Waals surface area (Å²) in [5, 5.41) is 2.69. The van der Waals surface area contributed by atoms with Crippen LogP contribution in [0.2, 0.25) is 0 Å². The van der Waals surface area contributed by atoms with E-state index < -0.39 is 34.0 Å². The summed E-state index contributed by atoms with van der Waals surface area (Å²) in [5.74, 6) is -1.06. The summed E-state index contributed by atoms with van der Waals surface area (Å²) in [7, 11) is -2.54. The Balaban J connectivity index is 1.77. The van der Waals surface area contributed by atoms with Crippen LogP contribution in [0.4, 0.5) is 0 Å². The standard InChI is InChI=1S/C21H24N2O5S/c1-28-21(25)18(15-16-9-4-2-5-10-16)22-20(24)19-13-8-14-23(19)29(26,27)17-11-6-3-7-12-17/h2-7,9-12,18-19H,8,13-15H2,1H3,(H,22,24)/t18-,19-/m0/s1. The normalized spacial score (nSPS) is 18.2. The number of hydrogen-bond donors (Lipinski definition) is 1. The number of nitrogens with one attached hydrogen (secondary N) is 1. The Hall–Kier alpha value is -2.71. The van der Waals surface area contributed by atoms with Crippen molar-refractivity contribution in [3.63, 3.8) is 0 Å². The number of sulfonamides is 1. The van der Waals surface area contributed by atoms with Gasteiger partial charge in [0.25, 0.3) is 0 Å². The lowest BCUT2D eigenvalue weighted by molar-refractivity contribution is -0.145. The molecule has 0 bridgehead atoms. The van der Waals surface area contributed by atoms with Gasteiger partial charge in [0, 0.05) is 13.0 Å². The molecule has 0 aromatic heterocycles. The van der Waals surface area contributed by atoms with E-state index in [2.05, 4.69) is 5.32 Å². The van der Waals surface area contributed by atoms with Crippen LogP contribution in [0.1, 0.15) is 18.4 Å². The molecule has 0 aliphatic carbocycles. The number of esters is 1. The highest BCUT2D eigenvalue weighted by atomic mass is 32.2. The number of carbonyl (C=O) groups is 2. The smallest absolute Gasteiger partial charge is 0.328 e. The van der Waals surface area contributed by atoms with Crippen molar-refractivity contribution in [3.8, 4) is 0 Å². The van der Waals surface area contributed by atoms with E-state index >= 15 is 0 Å². The summed E-state index contributed by atoms with van der Waals surface area (Å²) in [4.78, 5) is 25.3. The summed E-state index contributed by atoms with van der Waals surface area (Å²) in [6, 6.07) is 15.5. The van der Waals surface area contributed by atoms with Gasteiger partial charge in [-0.1, -0.05) is 48.5 Å². The van der Waals surface area contributed by atoms with Crippen LogP contribution in [0.3, 0.4) is 0 Å². The van der Waals surface area contributed by atoms with Crippen molar-refractivity contribution in [1.82, 2.24) is 9.62 Å². The zero-order valence-corrected chi connectivity index (χ0v) is 17.0. The molecule has 1 aliphatic heterocycles. The van der Waals surface area contributed by atoms with Crippen molar-refractivity contribution in [3.05, 3.63) is 66.2 Å². The predicted octanol–water partition coefficient (Wildman–Crippen LogP) is 1.74. The molecular weight excluding hydrogens is 392 g/mol. The molecule has 3 rings (SSSR count). The van der Waals surface area contributed by atoms with Gasteiger partial charge in [-0.15, -0.1) is 0 Å². The quantitative estimate of drug-likeness (QED) is 0.694. The zero-order valence-electron chi connectivity index (χ0n) is 16.2. The Labute approximate surface area is 170 Å². The molecule has 0 saturated carbocycles. The molecule has 0 spiro atoms. The zero-order chi connectivity index (χ0) is 20.9. The topological polar surface area (TPSA) is 92.8 Å². The number of hydrogen-bond acceptors (Lipinski definition) is 5. The van der Waals surface area contributed by atoms with Crippen molar-refractivity contribution in [2.45, 2.75) is 36.2 Å². The molecule has 2 aromatic carbocycles. The second-order valence-corrected chi connectivity index (χ2v) is 8.75. The van der Waals surface area contributed by atoms with Crippen LogP contribution in [0.25, 0.3) is 0 Å². The van der Waals surface area contributed by atoms with E-state index in [1.807, 2.05) is 30.3 Å². The molecule has 0 radical (unpaired) electrons. The molecule has 8 heteroatoms. The van der Waals surface area contributed by atoms with E-state index in [0.717, 1.165) is 5.56 Å². The number of benzene rings is 2. The Morgan fingerprint density at radius 1 is 1.10 bits per heavy atom. The Morgan fingerprint density at radius 2 is 1.72 bits per heavy atom. The van der Waals surface area contributed by atoms with Crippen LogP contribution in [0, 0.1) is 0 Å². The Morgan fingerprint density at radius 3 is 2.34 bits per heavy atom. The van der Waals surface area contributed by atoms with Gasteiger partial charge in [-0.05, 0) is 30.5 Å². The molecule has 1 saturated heterocycles. The lowest BCUT2D eigenvalue weighted by atomic mass is 10.1. The summed E-state index contributed by atoms with van der Waals surface area (Å²) >= 11 is 0. The number of rotatable bonds is 7. The lowest BCUT2D eigenvalue weighted by Gasteiger charge is -2.25. The minimum absolute atomic E-state index is 0.147. The molecule has 1 aliphatic rings. The van der Waals surface area contributed by atoms with Crippen molar-refractivity contribution in [2.75, 3.05) is 13.7 Å². The van der Waals surface area contributed by atoms with Gasteiger partial charge in [-0.25, -0.2) is 13.2 Å². The van der Waals surface area contributed by atoms with E-state index in [0.29, 0.717) is 12.8 Å². The van der Waals surface area contributed by atoms with Gasteiger partial charge in [0.15, 0.2) is 0 Å². The fourth-order valence-electron chi connectivity index (χ4n) is 3.47. The molecule has 7 nitrogen and oxygen atoms in total. The fourth-order valence-corrected chi connectivity index (χ4v) is 5.15. The lowest BCUT2D eigenvalue weighted by Crippen LogP contribution is -2.51. The Kier molecular flexibility index (Phi) is 6.66. The number of ether oxygens (including phenoxy) is 1. The van der Waals surface area contributed by atoms with Crippen LogP contribution in [0.5, 0.6) is 0 Å². The second-order valence-electron chi connectivity index (χ2n) is 6.86. The van der Waals surface area contributed by atoms with Gasteiger partial charge in [-0.3, -0.25) is 4.79 Å². The maximum absolute atomic E-state index is 13.0. The van der Waals surface area contributed by atoms with Gasteiger partial charge in [0.1, 0.15) is 12.1 Å². The average Bonchev–Trinajstić information content (AvgIpc) is 3.25. The second kappa shape index (κ2) is 9.19. The molecule has 2 atom stereocenters. The number of methoxy groups -OCH3 is 1.